The maximum absolute atomic E-state index is 12.7. The van der Waals surface area contributed by atoms with E-state index < -0.39 is 30.1 Å². The number of aromatic nitrogens is 2. The summed E-state index contributed by atoms with van der Waals surface area (Å²) in [6.07, 6.45) is 5.18. The van der Waals surface area contributed by atoms with E-state index in [0.29, 0.717) is 12.1 Å². The van der Waals surface area contributed by atoms with Crippen LogP contribution in [0.4, 0.5) is 19.0 Å². The summed E-state index contributed by atoms with van der Waals surface area (Å²) >= 11 is 9.92. The maximum atomic E-state index is 12.7. The molecule has 0 unspecified atom stereocenters. The first-order chi connectivity index (χ1) is 17.4. The molecule has 4 nitrogen and oxygen atoms in total. The van der Waals surface area contributed by atoms with Gasteiger partial charge in [-0.25, -0.2) is 4.68 Å². The summed E-state index contributed by atoms with van der Waals surface area (Å²) in [5.41, 5.74) is 4.98. The Morgan fingerprint density at radius 2 is 1.49 bits per heavy atom. The van der Waals surface area contributed by atoms with Crippen LogP contribution < -0.4 is 5.73 Å². The number of hydrogen-bond acceptors (Lipinski definition) is 3. The van der Waals surface area contributed by atoms with Gasteiger partial charge in [0, 0.05) is 0 Å². The molecule has 204 valence electrons. The third-order valence-electron chi connectivity index (χ3n) is 6.34. The van der Waals surface area contributed by atoms with E-state index in [1.165, 1.54) is 44.6 Å². The van der Waals surface area contributed by atoms with Crippen LogP contribution in [0.3, 0.4) is 0 Å². The summed E-state index contributed by atoms with van der Waals surface area (Å²) in [5.74, 6) is -0.00453. The van der Waals surface area contributed by atoms with Gasteiger partial charge in [-0.15, -0.1) is 0 Å². The summed E-state index contributed by atoms with van der Waals surface area (Å²) in [6, 6.07) is 3.23. The number of halogens is 5. The summed E-state index contributed by atoms with van der Waals surface area (Å²) in [4.78, 5) is 0. The topological polar surface area (TPSA) is 67.6 Å². The molecule has 0 saturated heterocycles. The van der Waals surface area contributed by atoms with Crippen molar-refractivity contribution in [3.8, 4) is 11.8 Å². The van der Waals surface area contributed by atoms with E-state index in [9.17, 15) is 13.2 Å². The quantitative estimate of drug-likeness (QED) is 0.230. The monoisotopic (exact) mass is 664 g/mol. The number of nitrogens with zero attached hydrogens (tertiary/aromatic N) is 3. The van der Waals surface area contributed by atoms with E-state index in [1.54, 1.807) is 19.4 Å². The molecule has 0 fully saturated rings. The second-order valence-corrected chi connectivity index (χ2v) is 23.1. The minimum absolute atomic E-state index is 0.00453. The van der Waals surface area contributed by atoms with Gasteiger partial charge in [-0.2, -0.15) is 23.5 Å². The molecular formula is C27H37Cl2F3N4Sn. The van der Waals surface area contributed by atoms with Crippen molar-refractivity contribution in [2.45, 2.75) is 78.8 Å². The van der Waals surface area contributed by atoms with Crippen LogP contribution in [0.15, 0.2) is 29.4 Å². The zero-order chi connectivity index (χ0) is 28.2. The van der Waals surface area contributed by atoms with Crippen LogP contribution in [0.1, 0.15) is 76.1 Å². The molecule has 2 rings (SSSR count). The number of unbranched alkanes of at least 4 members (excludes halogenated alkanes) is 3. The molecule has 0 saturated carbocycles. The van der Waals surface area contributed by atoms with Crippen LogP contribution in [-0.2, 0) is 6.18 Å². The predicted octanol–water partition coefficient (Wildman–Crippen LogP) is 9.86. The van der Waals surface area contributed by atoms with Gasteiger partial charge in [-0.3, -0.25) is 0 Å². The van der Waals surface area contributed by atoms with Crippen molar-refractivity contribution in [3.63, 3.8) is 0 Å². The zero-order valence-electron chi connectivity index (χ0n) is 21.9. The molecule has 1 aromatic heterocycles. The summed E-state index contributed by atoms with van der Waals surface area (Å²) < 4.78 is 46.3. The second kappa shape index (κ2) is 15.7. The van der Waals surface area contributed by atoms with Gasteiger partial charge in [0.2, 0.25) is 0 Å². The molecule has 2 aromatic rings. The zero-order valence-corrected chi connectivity index (χ0v) is 26.3. The standard InChI is InChI=1S/C13H7Cl2F3N4.3C4H9.C2H3.Sn/c1-2-7-10(5-19)21-22(12(7)20)11-8(14)3-6(4-9(11)15)13(16,17)18;3*1-3-4-2;1-2;/h2-4H,1,20H2;3*1,3-4H2,2H3;1H,2H2;. The number of benzene rings is 1. The number of rotatable bonds is 12. The molecule has 0 spiro atoms. The van der Waals surface area contributed by atoms with Crippen molar-refractivity contribution in [3.05, 3.63) is 56.2 Å². The average Bonchev–Trinajstić information content (AvgIpc) is 3.18. The number of nitrogen functional groups attached to an aromatic ring is 1. The Labute approximate surface area is 233 Å². The molecule has 0 aliphatic rings. The van der Waals surface area contributed by atoms with Gasteiger partial charge in [0.05, 0.1) is 21.2 Å². The van der Waals surface area contributed by atoms with Crippen LogP contribution in [-0.4, -0.2) is 28.2 Å². The number of alkyl halides is 3. The van der Waals surface area contributed by atoms with Gasteiger partial charge < -0.3 is 5.73 Å². The fourth-order valence-electron chi connectivity index (χ4n) is 4.10. The van der Waals surface area contributed by atoms with E-state index in [1.807, 2.05) is 0 Å². The molecule has 0 bridgehead atoms. The van der Waals surface area contributed by atoms with Crippen molar-refractivity contribution >= 4 is 53.5 Å². The Morgan fingerprint density at radius 3 is 1.78 bits per heavy atom. The van der Waals surface area contributed by atoms with Gasteiger partial charge in [-0.05, 0) is 12.1 Å². The van der Waals surface area contributed by atoms with Crippen LogP contribution >= 0.6 is 23.2 Å². The van der Waals surface area contributed by atoms with Crippen LogP contribution in [0.5, 0.6) is 0 Å². The normalized spacial score (nSPS) is 11.4. The molecule has 37 heavy (non-hydrogen) atoms. The third kappa shape index (κ3) is 9.26. The fourth-order valence-corrected chi connectivity index (χ4v) is 17.7. The molecule has 10 heteroatoms. The molecule has 1 aromatic carbocycles. The molecule has 0 aliphatic heterocycles. The molecule has 2 N–H and O–H groups in total. The number of hydrogen-bond donors (Lipinski definition) is 1. The van der Waals surface area contributed by atoms with Crippen molar-refractivity contribution < 1.29 is 13.2 Å². The second-order valence-electron chi connectivity index (χ2n) is 9.04. The Kier molecular flexibility index (Phi) is 14.2. The molecule has 0 aliphatic carbocycles. The van der Waals surface area contributed by atoms with Crippen molar-refractivity contribution in [2.75, 3.05) is 5.73 Å². The SMILES string of the molecule is C=Cc1c(C#N)nn(-c2c(Cl)cc(C(F)(F)F)cc2Cl)c1N.C=[CH][Sn]([CH2]CCC)([CH2]CCC)[CH2]CCC. The van der Waals surface area contributed by atoms with E-state index in [4.69, 9.17) is 34.2 Å². The first kappa shape index (κ1) is 33.4. The Morgan fingerprint density at radius 1 is 1.03 bits per heavy atom. The molecule has 1 heterocycles. The molecule has 0 radical (unpaired) electrons. The van der Waals surface area contributed by atoms with Gasteiger partial charge in [0.1, 0.15) is 17.6 Å². The Bertz CT molecular complexity index is 1050. The van der Waals surface area contributed by atoms with Crippen LogP contribution in [0.25, 0.3) is 11.8 Å². The van der Waals surface area contributed by atoms with Crippen molar-refractivity contribution in [2.24, 2.45) is 0 Å². The third-order valence-corrected chi connectivity index (χ3v) is 20.9. The number of nitrogens with two attached hydrogens (primary N) is 1. The van der Waals surface area contributed by atoms with E-state index in [0.717, 1.165) is 4.68 Å². The summed E-state index contributed by atoms with van der Waals surface area (Å²) in [5, 5.41) is 12.3. The Hall–Kier alpha value is -1.63. The van der Waals surface area contributed by atoms with Gasteiger partial charge in [0.25, 0.3) is 0 Å². The average molecular weight is 664 g/mol. The fraction of sp³-hybridized carbons (Fsp3) is 0.481. The molecular weight excluding hydrogens is 627 g/mol. The van der Waals surface area contributed by atoms with Crippen LogP contribution in [0, 0.1) is 11.3 Å². The minimum atomic E-state index is -4.59. The predicted molar refractivity (Wildman–Crippen MR) is 153 cm³/mol. The summed E-state index contributed by atoms with van der Waals surface area (Å²) in [7, 11) is 0. The number of anilines is 1. The van der Waals surface area contributed by atoms with Gasteiger partial charge >= 0.3 is 108 Å². The Balaban J connectivity index is 0.000000401. The summed E-state index contributed by atoms with van der Waals surface area (Å²) in [6.45, 7) is 14.6. The van der Waals surface area contributed by atoms with Gasteiger partial charge in [-0.1, -0.05) is 35.9 Å². The van der Waals surface area contributed by atoms with Crippen molar-refractivity contribution in [1.29, 1.82) is 5.26 Å². The number of nitriles is 1. The van der Waals surface area contributed by atoms with Crippen molar-refractivity contribution in [1.82, 2.24) is 9.78 Å². The first-order valence-electron chi connectivity index (χ1n) is 12.6. The molecule has 0 atom stereocenters. The van der Waals surface area contributed by atoms with E-state index in [-0.39, 0.29) is 32.8 Å². The van der Waals surface area contributed by atoms with Gasteiger partial charge in [0.15, 0.2) is 5.69 Å². The van der Waals surface area contributed by atoms with Crippen LogP contribution in [0.2, 0.25) is 23.4 Å². The van der Waals surface area contributed by atoms with E-state index in [2.05, 4.69) is 43.1 Å². The van der Waals surface area contributed by atoms with E-state index >= 15 is 0 Å². The molecule has 0 amide bonds. The first-order valence-corrected chi connectivity index (χ1v) is 21.0.